The molecule has 1 heterocycles. The standard InChI is InChI=1S/C14H18ClNO2/c1-2-18-12-4-3-10(7-11(12)15)13(8-17-9-13)14(16)5-6-14/h3-4,7H,2,5-6,8-9,16H2,1H3. The van der Waals surface area contributed by atoms with Crippen LogP contribution >= 0.6 is 11.6 Å². The fraction of sp³-hybridized carbons (Fsp3) is 0.571. The minimum atomic E-state index is -0.0955. The number of nitrogens with two attached hydrogens (primary N) is 1. The Balaban J connectivity index is 1.94. The van der Waals surface area contributed by atoms with Crippen molar-refractivity contribution < 1.29 is 9.47 Å². The molecule has 4 heteroatoms. The number of hydrogen-bond acceptors (Lipinski definition) is 3. The Bertz CT molecular complexity index is 467. The second-order valence-electron chi connectivity index (χ2n) is 5.31. The lowest BCUT2D eigenvalue weighted by atomic mass is 9.71. The third-order valence-corrected chi connectivity index (χ3v) is 4.52. The maximum absolute atomic E-state index is 6.41. The van der Waals surface area contributed by atoms with Gasteiger partial charge < -0.3 is 15.2 Å². The van der Waals surface area contributed by atoms with E-state index in [0.29, 0.717) is 24.8 Å². The van der Waals surface area contributed by atoms with E-state index in [2.05, 4.69) is 6.07 Å². The van der Waals surface area contributed by atoms with Crippen LogP contribution in [0, 0.1) is 0 Å². The van der Waals surface area contributed by atoms with Crippen LogP contribution < -0.4 is 10.5 Å². The molecule has 1 saturated heterocycles. The Morgan fingerprint density at radius 1 is 1.39 bits per heavy atom. The zero-order valence-corrected chi connectivity index (χ0v) is 11.3. The predicted molar refractivity (Wildman–Crippen MR) is 71.3 cm³/mol. The fourth-order valence-corrected chi connectivity index (χ4v) is 2.97. The van der Waals surface area contributed by atoms with Crippen LogP contribution in [0.3, 0.4) is 0 Å². The van der Waals surface area contributed by atoms with Gasteiger partial charge in [-0.3, -0.25) is 0 Å². The average molecular weight is 268 g/mol. The van der Waals surface area contributed by atoms with Gasteiger partial charge in [0.15, 0.2) is 0 Å². The molecule has 2 fully saturated rings. The van der Waals surface area contributed by atoms with Crippen molar-refractivity contribution in [3.8, 4) is 5.75 Å². The summed E-state index contributed by atoms with van der Waals surface area (Å²) in [5, 5.41) is 0.657. The van der Waals surface area contributed by atoms with E-state index in [0.717, 1.165) is 18.6 Å². The Hall–Kier alpha value is -0.770. The molecule has 1 aliphatic heterocycles. The van der Waals surface area contributed by atoms with Gasteiger partial charge in [-0.1, -0.05) is 17.7 Å². The molecule has 1 saturated carbocycles. The van der Waals surface area contributed by atoms with Crippen molar-refractivity contribution in [1.29, 1.82) is 0 Å². The summed E-state index contributed by atoms with van der Waals surface area (Å²) < 4.78 is 10.9. The van der Waals surface area contributed by atoms with Gasteiger partial charge in [-0.2, -0.15) is 0 Å². The van der Waals surface area contributed by atoms with E-state index >= 15 is 0 Å². The number of benzene rings is 1. The second-order valence-corrected chi connectivity index (χ2v) is 5.72. The van der Waals surface area contributed by atoms with Gasteiger partial charge in [0.2, 0.25) is 0 Å². The predicted octanol–water partition coefficient (Wildman–Crippen LogP) is 2.50. The molecule has 0 aromatic heterocycles. The Morgan fingerprint density at radius 3 is 2.56 bits per heavy atom. The highest BCUT2D eigenvalue weighted by Gasteiger charge is 2.61. The second kappa shape index (κ2) is 4.12. The lowest BCUT2D eigenvalue weighted by Crippen LogP contribution is -2.60. The Labute approximate surface area is 112 Å². The van der Waals surface area contributed by atoms with Crippen LogP contribution in [0.15, 0.2) is 18.2 Å². The van der Waals surface area contributed by atoms with E-state index in [-0.39, 0.29) is 11.0 Å². The summed E-state index contributed by atoms with van der Waals surface area (Å²) in [5.41, 5.74) is 7.46. The minimum absolute atomic E-state index is 0.0403. The van der Waals surface area contributed by atoms with Crippen LogP contribution in [0.4, 0.5) is 0 Å². The van der Waals surface area contributed by atoms with E-state index in [1.165, 1.54) is 5.56 Å². The number of hydrogen-bond donors (Lipinski definition) is 1. The lowest BCUT2D eigenvalue weighted by Gasteiger charge is -2.47. The zero-order chi connectivity index (χ0) is 12.8. The molecule has 0 atom stereocenters. The smallest absolute Gasteiger partial charge is 0.137 e. The molecule has 0 unspecified atom stereocenters. The van der Waals surface area contributed by atoms with Gasteiger partial charge >= 0.3 is 0 Å². The summed E-state index contributed by atoms with van der Waals surface area (Å²) in [7, 11) is 0. The van der Waals surface area contributed by atoms with E-state index < -0.39 is 0 Å². The largest absolute Gasteiger partial charge is 0.492 e. The zero-order valence-electron chi connectivity index (χ0n) is 10.5. The Kier molecular flexibility index (Phi) is 2.81. The molecule has 3 rings (SSSR count). The van der Waals surface area contributed by atoms with Crippen LogP contribution in [-0.4, -0.2) is 25.4 Å². The van der Waals surface area contributed by atoms with Crippen LogP contribution in [0.25, 0.3) is 0 Å². The van der Waals surface area contributed by atoms with Crippen molar-refractivity contribution >= 4 is 11.6 Å². The molecule has 18 heavy (non-hydrogen) atoms. The molecule has 0 bridgehead atoms. The number of rotatable bonds is 4. The van der Waals surface area contributed by atoms with E-state index in [4.69, 9.17) is 26.8 Å². The minimum Gasteiger partial charge on any atom is -0.492 e. The summed E-state index contributed by atoms with van der Waals surface area (Å²) in [5.74, 6) is 0.736. The highest BCUT2D eigenvalue weighted by atomic mass is 35.5. The van der Waals surface area contributed by atoms with Crippen LogP contribution in [0.1, 0.15) is 25.3 Å². The van der Waals surface area contributed by atoms with Crippen molar-refractivity contribution in [3.05, 3.63) is 28.8 Å². The maximum Gasteiger partial charge on any atom is 0.137 e. The van der Waals surface area contributed by atoms with Gasteiger partial charge in [0.05, 0.1) is 30.3 Å². The van der Waals surface area contributed by atoms with Crippen molar-refractivity contribution in [2.75, 3.05) is 19.8 Å². The molecule has 0 amide bonds. The average Bonchev–Trinajstić information content (AvgIpc) is 3.00. The highest BCUT2D eigenvalue weighted by molar-refractivity contribution is 6.32. The molecule has 98 valence electrons. The highest BCUT2D eigenvalue weighted by Crippen LogP contribution is 2.53. The summed E-state index contributed by atoms with van der Waals surface area (Å²) in [6.07, 6.45) is 2.14. The van der Waals surface area contributed by atoms with Gasteiger partial charge in [-0.15, -0.1) is 0 Å². The molecule has 2 aliphatic rings. The summed E-state index contributed by atoms with van der Waals surface area (Å²) in [4.78, 5) is 0. The first-order valence-electron chi connectivity index (χ1n) is 6.41. The van der Waals surface area contributed by atoms with E-state index in [1.807, 2.05) is 19.1 Å². The lowest BCUT2D eigenvalue weighted by molar-refractivity contribution is -0.0786. The molecule has 1 aliphatic carbocycles. The normalized spacial score (nSPS) is 23.3. The molecule has 0 spiro atoms. The van der Waals surface area contributed by atoms with Crippen molar-refractivity contribution in [3.63, 3.8) is 0 Å². The first kappa shape index (κ1) is 12.3. The van der Waals surface area contributed by atoms with Crippen molar-refractivity contribution in [2.24, 2.45) is 5.73 Å². The van der Waals surface area contributed by atoms with E-state index in [9.17, 15) is 0 Å². The van der Waals surface area contributed by atoms with Gasteiger partial charge in [0.1, 0.15) is 5.75 Å². The van der Waals surface area contributed by atoms with Crippen LogP contribution in [-0.2, 0) is 10.2 Å². The molecule has 3 nitrogen and oxygen atoms in total. The van der Waals surface area contributed by atoms with Gasteiger partial charge in [-0.25, -0.2) is 0 Å². The summed E-state index contributed by atoms with van der Waals surface area (Å²) in [6, 6.07) is 6.00. The quantitative estimate of drug-likeness (QED) is 0.912. The first-order valence-corrected chi connectivity index (χ1v) is 6.79. The SMILES string of the molecule is CCOc1ccc(C2(C3(N)CC3)COC2)cc1Cl. The monoisotopic (exact) mass is 267 g/mol. The molecule has 1 aromatic carbocycles. The first-order chi connectivity index (χ1) is 8.61. The molecular formula is C14H18ClNO2. The number of halogens is 1. The third kappa shape index (κ3) is 1.65. The van der Waals surface area contributed by atoms with Crippen molar-refractivity contribution in [1.82, 2.24) is 0 Å². The van der Waals surface area contributed by atoms with Gasteiger partial charge in [0, 0.05) is 5.54 Å². The van der Waals surface area contributed by atoms with Crippen LogP contribution in [0.5, 0.6) is 5.75 Å². The van der Waals surface area contributed by atoms with Gasteiger partial charge in [-0.05, 0) is 37.5 Å². The van der Waals surface area contributed by atoms with Crippen molar-refractivity contribution in [2.45, 2.75) is 30.7 Å². The van der Waals surface area contributed by atoms with E-state index in [1.54, 1.807) is 0 Å². The van der Waals surface area contributed by atoms with Gasteiger partial charge in [0.25, 0.3) is 0 Å². The molecular weight excluding hydrogens is 250 g/mol. The molecule has 1 aromatic rings. The number of ether oxygens (including phenoxy) is 2. The molecule has 0 radical (unpaired) electrons. The topological polar surface area (TPSA) is 44.5 Å². The summed E-state index contributed by atoms with van der Waals surface area (Å²) >= 11 is 6.26. The Morgan fingerprint density at radius 2 is 2.11 bits per heavy atom. The third-order valence-electron chi connectivity index (χ3n) is 4.22. The summed E-state index contributed by atoms with van der Waals surface area (Å²) in [6.45, 7) is 3.97. The molecule has 2 N–H and O–H groups in total. The van der Waals surface area contributed by atoms with Crippen LogP contribution in [0.2, 0.25) is 5.02 Å². The maximum atomic E-state index is 6.41. The fourth-order valence-electron chi connectivity index (χ4n) is 2.73.